The molecule has 0 spiro atoms. The van der Waals surface area contributed by atoms with Crippen LogP contribution in [0.1, 0.15) is 56.3 Å². The third-order valence-corrected chi connectivity index (χ3v) is 6.18. The molecular formula is C22H27NOS. The van der Waals surface area contributed by atoms with Crippen LogP contribution in [0.15, 0.2) is 53.4 Å². The molecule has 1 heterocycles. The predicted octanol–water partition coefficient (Wildman–Crippen LogP) is 5.34. The second-order valence-electron chi connectivity index (χ2n) is 7.47. The minimum Gasteiger partial charge on any atom is -0.348 e. The largest absolute Gasteiger partial charge is 0.348 e. The molecule has 0 bridgehead atoms. The average molecular weight is 354 g/mol. The van der Waals surface area contributed by atoms with E-state index in [4.69, 9.17) is 0 Å². The molecule has 3 heteroatoms. The van der Waals surface area contributed by atoms with E-state index in [0.29, 0.717) is 11.8 Å². The van der Waals surface area contributed by atoms with Gasteiger partial charge in [-0.1, -0.05) is 70.2 Å². The fourth-order valence-electron chi connectivity index (χ4n) is 3.30. The van der Waals surface area contributed by atoms with Gasteiger partial charge in [-0.3, -0.25) is 4.79 Å². The van der Waals surface area contributed by atoms with E-state index in [0.717, 1.165) is 6.42 Å². The van der Waals surface area contributed by atoms with Crippen LogP contribution in [-0.4, -0.2) is 11.2 Å². The summed E-state index contributed by atoms with van der Waals surface area (Å²) in [6.45, 7) is 8.73. The fraction of sp³-hybridized carbons (Fsp3) is 0.409. The highest BCUT2D eigenvalue weighted by Crippen LogP contribution is 2.37. The molecule has 1 N–H and O–H groups in total. The van der Waals surface area contributed by atoms with Crippen LogP contribution in [0, 0.1) is 5.92 Å². The molecule has 2 aromatic rings. The van der Waals surface area contributed by atoms with Crippen molar-refractivity contribution >= 4 is 17.7 Å². The summed E-state index contributed by atoms with van der Waals surface area (Å²) in [7, 11) is 0. The van der Waals surface area contributed by atoms with E-state index in [-0.39, 0.29) is 17.2 Å². The molecule has 1 amide bonds. The highest BCUT2D eigenvalue weighted by Gasteiger charge is 2.30. The molecule has 0 aliphatic carbocycles. The van der Waals surface area contributed by atoms with Gasteiger partial charge in [0.2, 0.25) is 5.91 Å². The summed E-state index contributed by atoms with van der Waals surface area (Å²) in [5, 5.41) is 3.28. The van der Waals surface area contributed by atoms with Gasteiger partial charge in [0.05, 0.1) is 11.3 Å². The normalized spacial score (nSPS) is 17.6. The van der Waals surface area contributed by atoms with E-state index >= 15 is 0 Å². The Hall–Kier alpha value is -1.74. The Morgan fingerprint density at radius 3 is 2.24 bits per heavy atom. The van der Waals surface area contributed by atoms with Gasteiger partial charge < -0.3 is 5.32 Å². The van der Waals surface area contributed by atoms with Crippen LogP contribution in [0.25, 0.3) is 0 Å². The summed E-state index contributed by atoms with van der Waals surface area (Å²) in [5.41, 5.74) is 3.81. The Bertz CT molecular complexity index is 711. The lowest BCUT2D eigenvalue weighted by Gasteiger charge is -2.25. The van der Waals surface area contributed by atoms with Crippen LogP contribution in [0.4, 0.5) is 0 Å². The van der Waals surface area contributed by atoms with Crippen LogP contribution >= 0.6 is 11.8 Å². The Kier molecular flexibility index (Phi) is 5.53. The molecule has 2 unspecified atom stereocenters. The lowest BCUT2D eigenvalue weighted by molar-refractivity contribution is -0.121. The topological polar surface area (TPSA) is 29.1 Å². The van der Waals surface area contributed by atoms with Gasteiger partial charge in [0, 0.05) is 4.90 Å². The minimum absolute atomic E-state index is 0.0198. The maximum Gasteiger partial charge on any atom is 0.234 e. The van der Waals surface area contributed by atoms with Gasteiger partial charge in [-0.15, -0.1) is 11.8 Å². The molecule has 25 heavy (non-hydrogen) atoms. The van der Waals surface area contributed by atoms with Crippen molar-refractivity contribution in [1.82, 2.24) is 5.32 Å². The first-order valence-electron chi connectivity index (χ1n) is 9.10. The number of carbonyl (C=O) groups excluding carboxylic acids is 1. The lowest BCUT2D eigenvalue weighted by Crippen LogP contribution is -2.37. The van der Waals surface area contributed by atoms with Crippen LogP contribution < -0.4 is 5.32 Å². The zero-order chi connectivity index (χ0) is 18.0. The zero-order valence-electron chi connectivity index (χ0n) is 15.5. The van der Waals surface area contributed by atoms with Gasteiger partial charge in [-0.25, -0.2) is 0 Å². The standard InChI is InChI=1S/C22H27NOS/c1-14(2)16-9-11-17(12-10-16)21(15(3)4)23-22(24)20-13-18-7-5-6-8-19(18)25-20/h5-12,14-15,20-21H,13H2,1-4H3,(H,23,24). The number of hydrogen-bond acceptors (Lipinski definition) is 2. The molecular weight excluding hydrogens is 326 g/mol. The highest BCUT2D eigenvalue weighted by molar-refractivity contribution is 8.01. The molecule has 0 radical (unpaired) electrons. The van der Waals surface area contributed by atoms with Crippen molar-refractivity contribution < 1.29 is 4.79 Å². The van der Waals surface area contributed by atoms with Crippen molar-refractivity contribution in [2.75, 3.05) is 0 Å². The number of carbonyl (C=O) groups is 1. The number of rotatable bonds is 5. The Labute approximate surface area is 155 Å². The van der Waals surface area contributed by atoms with Crippen LogP contribution in [-0.2, 0) is 11.2 Å². The molecule has 2 aromatic carbocycles. The van der Waals surface area contributed by atoms with Crippen molar-refractivity contribution in [3.8, 4) is 0 Å². The van der Waals surface area contributed by atoms with Crippen molar-refractivity contribution in [1.29, 1.82) is 0 Å². The minimum atomic E-state index is -0.0198. The van der Waals surface area contributed by atoms with Crippen LogP contribution in [0.3, 0.4) is 0 Å². The zero-order valence-corrected chi connectivity index (χ0v) is 16.3. The Morgan fingerprint density at radius 2 is 1.64 bits per heavy atom. The summed E-state index contributed by atoms with van der Waals surface area (Å²) in [4.78, 5) is 14.1. The fourth-order valence-corrected chi connectivity index (χ4v) is 4.50. The molecule has 0 saturated heterocycles. The second kappa shape index (κ2) is 7.65. The summed E-state index contributed by atoms with van der Waals surface area (Å²) < 4.78 is 0. The van der Waals surface area contributed by atoms with E-state index < -0.39 is 0 Å². The van der Waals surface area contributed by atoms with E-state index in [9.17, 15) is 4.79 Å². The third-order valence-electron chi connectivity index (χ3n) is 4.87. The summed E-state index contributed by atoms with van der Waals surface area (Å²) >= 11 is 1.69. The van der Waals surface area contributed by atoms with Gasteiger partial charge >= 0.3 is 0 Å². The maximum absolute atomic E-state index is 12.8. The van der Waals surface area contributed by atoms with Crippen LogP contribution in [0.2, 0.25) is 0 Å². The molecule has 2 atom stereocenters. The van der Waals surface area contributed by atoms with Crippen LogP contribution in [0.5, 0.6) is 0 Å². The maximum atomic E-state index is 12.8. The molecule has 1 aliphatic heterocycles. The van der Waals surface area contributed by atoms with Gasteiger partial charge in [-0.2, -0.15) is 0 Å². The summed E-state index contributed by atoms with van der Waals surface area (Å²) in [6.07, 6.45) is 0.823. The first-order valence-corrected chi connectivity index (χ1v) is 9.98. The quantitative estimate of drug-likeness (QED) is 0.786. The van der Waals surface area contributed by atoms with E-state index in [2.05, 4.69) is 69.4 Å². The molecule has 2 nitrogen and oxygen atoms in total. The smallest absolute Gasteiger partial charge is 0.234 e. The lowest BCUT2D eigenvalue weighted by atomic mass is 9.93. The Morgan fingerprint density at radius 1 is 1.00 bits per heavy atom. The number of hydrogen-bond donors (Lipinski definition) is 1. The monoisotopic (exact) mass is 353 g/mol. The second-order valence-corrected chi connectivity index (χ2v) is 8.71. The predicted molar refractivity (Wildman–Crippen MR) is 106 cm³/mol. The SMILES string of the molecule is CC(C)c1ccc(C(NC(=O)C2Cc3ccccc3S2)C(C)C)cc1. The third kappa shape index (κ3) is 4.09. The van der Waals surface area contributed by atoms with Gasteiger partial charge in [0.15, 0.2) is 0 Å². The van der Waals surface area contributed by atoms with Gasteiger partial charge in [0.1, 0.15) is 0 Å². The van der Waals surface area contributed by atoms with Gasteiger partial charge in [-0.05, 0) is 41.0 Å². The van der Waals surface area contributed by atoms with Gasteiger partial charge in [0.25, 0.3) is 0 Å². The van der Waals surface area contributed by atoms with Crippen molar-refractivity contribution in [2.24, 2.45) is 5.92 Å². The number of benzene rings is 2. The molecule has 3 rings (SSSR count). The Balaban J connectivity index is 1.71. The molecule has 0 fully saturated rings. The van der Waals surface area contributed by atoms with Crippen molar-refractivity contribution in [2.45, 2.75) is 56.2 Å². The van der Waals surface area contributed by atoms with E-state index in [1.165, 1.54) is 21.6 Å². The summed E-state index contributed by atoms with van der Waals surface area (Å²) in [6, 6.07) is 17.1. The molecule has 0 aromatic heterocycles. The van der Waals surface area contributed by atoms with Crippen molar-refractivity contribution in [3.63, 3.8) is 0 Å². The number of amides is 1. The number of nitrogens with one attached hydrogen (secondary N) is 1. The first kappa shape index (κ1) is 18.1. The molecule has 0 saturated carbocycles. The first-order chi connectivity index (χ1) is 12.0. The highest BCUT2D eigenvalue weighted by atomic mass is 32.2. The molecule has 1 aliphatic rings. The average Bonchev–Trinajstić information content (AvgIpc) is 3.03. The number of fused-ring (bicyclic) bond motifs is 1. The van der Waals surface area contributed by atoms with Crippen molar-refractivity contribution in [3.05, 3.63) is 65.2 Å². The molecule has 132 valence electrons. The van der Waals surface area contributed by atoms with E-state index in [1.54, 1.807) is 11.8 Å². The van der Waals surface area contributed by atoms with E-state index in [1.807, 2.05) is 12.1 Å². The number of thioether (sulfide) groups is 1. The summed E-state index contributed by atoms with van der Waals surface area (Å²) in [5.74, 6) is 1.02.